The molecule has 0 amide bonds. The first-order chi connectivity index (χ1) is 14.0. The summed E-state index contributed by atoms with van der Waals surface area (Å²) in [7, 11) is -3.24. The minimum Gasteiger partial charge on any atom is -0.440 e. The van der Waals surface area contributed by atoms with Crippen molar-refractivity contribution in [1.29, 1.82) is 0 Å². The Morgan fingerprint density at radius 1 is 0.759 bits per heavy atom. The first kappa shape index (κ1) is 19.2. The van der Waals surface area contributed by atoms with Gasteiger partial charge >= 0.3 is 0 Å². The molecule has 0 fully saturated rings. The second-order valence-corrected chi connectivity index (χ2v) is 8.95. The molecule has 0 aliphatic rings. The summed E-state index contributed by atoms with van der Waals surface area (Å²) >= 11 is 0. The second-order valence-electron chi connectivity index (χ2n) is 6.93. The molecule has 29 heavy (non-hydrogen) atoms. The highest BCUT2D eigenvalue weighted by molar-refractivity contribution is 7.90. The summed E-state index contributed by atoms with van der Waals surface area (Å²) in [6.07, 6.45) is 2.72. The van der Waals surface area contributed by atoms with E-state index in [0.717, 1.165) is 23.2 Å². The summed E-state index contributed by atoms with van der Waals surface area (Å²) in [4.78, 5) is 5.03. The smallest absolute Gasteiger partial charge is 0.195 e. The number of aryl methyl sites for hydroxylation is 2. The maximum Gasteiger partial charge on any atom is 0.195 e. The quantitative estimate of drug-likeness (QED) is 0.444. The minimum absolute atomic E-state index is 0.287. The summed E-state index contributed by atoms with van der Waals surface area (Å²) in [6.45, 7) is 0. The van der Waals surface area contributed by atoms with Gasteiger partial charge in [0, 0.05) is 23.8 Å². The number of benzene rings is 3. The lowest BCUT2D eigenvalue weighted by Crippen LogP contribution is -1.96. The maximum atomic E-state index is 11.8. The third-order valence-electron chi connectivity index (χ3n) is 4.73. The molecule has 0 saturated carbocycles. The molecule has 146 valence electrons. The van der Waals surface area contributed by atoms with Gasteiger partial charge in [-0.1, -0.05) is 72.8 Å². The molecule has 1 aromatic heterocycles. The lowest BCUT2D eigenvalue weighted by Gasteiger charge is -2.03. The Labute approximate surface area is 170 Å². The van der Waals surface area contributed by atoms with Crippen LogP contribution < -0.4 is 0 Å². The highest BCUT2D eigenvalue weighted by Crippen LogP contribution is 2.33. The average Bonchev–Trinajstić information content (AvgIpc) is 3.17. The minimum atomic E-state index is -3.24. The molecule has 0 spiro atoms. The Bertz CT molecular complexity index is 1200. The molecule has 5 heteroatoms. The van der Waals surface area contributed by atoms with Crippen molar-refractivity contribution in [3.05, 3.63) is 96.4 Å². The third kappa shape index (κ3) is 4.46. The van der Waals surface area contributed by atoms with Gasteiger partial charge in [0.15, 0.2) is 21.5 Å². The summed E-state index contributed by atoms with van der Waals surface area (Å²) < 4.78 is 29.7. The van der Waals surface area contributed by atoms with E-state index in [2.05, 4.69) is 12.1 Å². The highest BCUT2D eigenvalue weighted by Gasteiger charge is 2.17. The predicted molar refractivity (Wildman–Crippen MR) is 114 cm³/mol. The van der Waals surface area contributed by atoms with Gasteiger partial charge in [-0.15, -0.1) is 0 Å². The molecular formula is C24H21NO3S. The van der Waals surface area contributed by atoms with Crippen molar-refractivity contribution in [3.63, 3.8) is 0 Å². The van der Waals surface area contributed by atoms with E-state index >= 15 is 0 Å². The van der Waals surface area contributed by atoms with Crippen LogP contribution in [0.4, 0.5) is 0 Å². The van der Waals surface area contributed by atoms with Crippen LogP contribution in [0.3, 0.4) is 0 Å². The molecular weight excluding hydrogens is 382 g/mol. The van der Waals surface area contributed by atoms with Crippen LogP contribution in [-0.2, 0) is 22.7 Å². The predicted octanol–water partition coefficient (Wildman–Crippen LogP) is 5.20. The van der Waals surface area contributed by atoms with Gasteiger partial charge in [0.05, 0.1) is 4.90 Å². The number of oxazole rings is 1. The van der Waals surface area contributed by atoms with Gasteiger partial charge in [-0.2, -0.15) is 0 Å². The van der Waals surface area contributed by atoms with Crippen molar-refractivity contribution < 1.29 is 12.8 Å². The van der Waals surface area contributed by atoms with Crippen LogP contribution in [0.25, 0.3) is 22.6 Å². The molecule has 1 heterocycles. The van der Waals surface area contributed by atoms with Crippen molar-refractivity contribution in [3.8, 4) is 22.6 Å². The number of hydrogen-bond acceptors (Lipinski definition) is 4. The lowest BCUT2D eigenvalue weighted by molar-refractivity contribution is 0.505. The molecule has 3 aromatic carbocycles. The molecule has 4 nitrogen and oxygen atoms in total. The van der Waals surface area contributed by atoms with Crippen LogP contribution in [0, 0.1) is 0 Å². The monoisotopic (exact) mass is 403 g/mol. The zero-order valence-electron chi connectivity index (χ0n) is 16.1. The van der Waals surface area contributed by atoms with E-state index in [9.17, 15) is 8.42 Å². The van der Waals surface area contributed by atoms with E-state index in [4.69, 9.17) is 9.40 Å². The first-order valence-electron chi connectivity index (χ1n) is 9.40. The fourth-order valence-electron chi connectivity index (χ4n) is 3.21. The van der Waals surface area contributed by atoms with Crippen LogP contribution in [0.5, 0.6) is 0 Å². The fraction of sp³-hybridized carbons (Fsp3) is 0.125. The van der Waals surface area contributed by atoms with Gasteiger partial charge in [0.2, 0.25) is 0 Å². The van der Waals surface area contributed by atoms with E-state index in [-0.39, 0.29) is 4.90 Å². The van der Waals surface area contributed by atoms with E-state index < -0.39 is 9.84 Å². The topological polar surface area (TPSA) is 60.2 Å². The van der Waals surface area contributed by atoms with E-state index in [1.165, 1.54) is 11.8 Å². The van der Waals surface area contributed by atoms with Gasteiger partial charge in [-0.25, -0.2) is 13.4 Å². The summed E-state index contributed by atoms with van der Waals surface area (Å²) in [5.74, 6) is 1.36. The Kier molecular flexibility index (Phi) is 5.32. The van der Waals surface area contributed by atoms with Gasteiger partial charge in [0.1, 0.15) is 5.69 Å². The normalized spacial score (nSPS) is 11.5. The van der Waals surface area contributed by atoms with Gasteiger partial charge in [-0.05, 0) is 24.1 Å². The van der Waals surface area contributed by atoms with Crippen molar-refractivity contribution in [2.45, 2.75) is 17.7 Å². The Balaban J connectivity index is 1.70. The van der Waals surface area contributed by atoms with Crippen molar-refractivity contribution >= 4 is 9.84 Å². The van der Waals surface area contributed by atoms with Crippen LogP contribution in [0.15, 0.2) is 94.2 Å². The molecule has 0 atom stereocenters. The summed E-state index contributed by atoms with van der Waals surface area (Å²) in [6, 6.07) is 26.8. The Morgan fingerprint density at radius 2 is 1.38 bits per heavy atom. The van der Waals surface area contributed by atoms with Crippen LogP contribution >= 0.6 is 0 Å². The molecule has 0 saturated heterocycles. The summed E-state index contributed by atoms with van der Waals surface area (Å²) in [5, 5.41) is 0. The van der Waals surface area contributed by atoms with Crippen molar-refractivity contribution in [2.75, 3.05) is 6.26 Å². The number of aromatic nitrogens is 1. The van der Waals surface area contributed by atoms with Crippen LogP contribution in [0.2, 0.25) is 0 Å². The standard InChI is InChI=1S/C24H21NO3S/c1-29(26,27)21-15-13-19(14-16-21)23-24(20-10-6-3-7-11-20)28-22(25-23)17-12-18-8-4-2-5-9-18/h2-11,13-16H,12,17H2,1H3. The highest BCUT2D eigenvalue weighted by atomic mass is 32.2. The molecule has 4 rings (SSSR count). The molecule has 0 radical (unpaired) electrons. The molecule has 0 unspecified atom stereocenters. The van der Waals surface area contributed by atoms with Crippen molar-refractivity contribution in [1.82, 2.24) is 4.98 Å². The molecule has 0 bridgehead atoms. The number of sulfone groups is 1. The van der Waals surface area contributed by atoms with Crippen LogP contribution in [-0.4, -0.2) is 19.7 Å². The second kappa shape index (κ2) is 8.05. The zero-order chi connectivity index (χ0) is 20.3. The first-order valence-corrected chi connectivity index (χ1v) is 11.3. The zero-order valence-corrected chi connectivity index (χ0v) is 16.9. The molecule has 4 aromatic rings. The number of nitrogens with zero attached hydrogens (tertiary/aromatic N) is 1. The van der Waals surface area contributed by atoms with Gasteiger partial charge in [0.25, 0.3) is 0 Å². The van der Waals surface area contributed by atoms with Gasteiger partial charge < -0.3 is 4.42 Å². The van der Waals surface area contributed by atoms with Crippen LogP contribution in [0.1, 0.15) is 11.5 Å². The third-order valence-corrected chi connectivity index (χ3v) is 5.86. The Hall–Kier alpha value is -3.18. The van der Waals surface area contributed by atoms with Gasteiger partial charge in [-0.3, -0.25) is 0 Å². The molecule has 0 N–H and O–H groups in total. The van der Waals surface area contributed by atoms with E-state index in [1.54, 1.807) is 24.3 Å². The number of rotatable bonds is 6. The maximum absolute atomic E-state index is 11.8. The van der Waals surface area contributed by atoms with E-state index in [0.29, 0.717) is 18.1 Å². The fourth-order valence-corrected chi connectivity index (χ4v) is 3.84. The van der Waals surface area contributed by atoms with Crippen molar-refractivity contribution in [2.24, 2.45) is 0 Å². The Morgan fingerprint density at radius 3 is 2.00 bits per heavy atom. The summed E-state index contributed by atoms with van der Waals surface area (Å²) in [5.41, 5.74) is 3.71. The SMILES string of the molecule is CS(=O)(=O)c1ccc(-c2nc(CCc3ccccc3)oc2-c2ccccc2)cc1. The average molecular weight is 404 g/mol. The van der Waals surface area contributed by atoms with E-state index in [1.807, 2.05) is 48.5 Å². The number of hydrogen-bond donors (Lipinski definition) is 0. The molecule has 0 aliphatic heterocycles. The largest absolute Gasteiger partial charge is 0.440 e. The molecule has 0 aliphatic carbocycles. The lowest BCUT2D eigenvalue weighted by atomic mass is 10.1.